The van der Waals surface area contributed by atoms with Crippen molar-refractivity contribution in [3.05, 3.63) is 0 Å². The van der Waals surface area contributed by atoms with Crippen molar-refractivity contribution in [2.45, 2.75) is 39.7 Å². The fraction of sp³-hybridized carbons (Fsp3) is 1.00. The average Bonchev–Trinajstić information content (AvgIpc) is 2.00. The smallest absolute Gasteiger partial charge is 0.150 e. The van der Waals surface area contributed by atoms with Crippen molar-refractivity contribution >= 4 is 9.84 Å². The molecule has 0 heterocycles. The van der Waals surface area contributed by atoms with Gasteiger partial charge in [0.25, 0.3) is 0 Å². The predicted molar refractivity (Wildman–Crippen MR) is 56.4 cm³/mol. The normalized spacial score (nSPS) is 14.8. The molecule has 13 heavy (non-hydrogen) atoms. The molecule has 3 nitrogen and oxygen atoms in total. The molecule has 4 heteroatoms. The van der Waals surface area contributed by atoms with E-state index in [1.807, 2.05) is 0 Å². The fourth-order valence-corrected chi connectivity index (χ4v) is 2.15. The minimum atomic E-state index is -2.83. The Hall–Kier alpha value is -0.0900. The monoisotopic (exact) mass is 207 g/mol. The Morgan fingerprint density at radius 3 is 2.23 bits per heavy atom. The topological polar surface area (TPSA) is 60.2 Å². The summed E-state index contributed by atoms with van der Waals surface area (Å²) in [4.78, 5) is 0. The van der Waals surface area contributed by atoms with Crippen molar-refractivity contribution in [2.75, 3.05) is 11.5 Å². The minimum Gasteiger partial charge on any atom is -0.328 e. The molecule has 0 spiro atoms. The van der Waals surface area contributed by atoms with E-state index in [9.17, 15) is 8.42 Å². The molecule has 0 saturated carbocycles. The van der Waals surface area contributed by atoms with Gasteiger partial charge in [-0.3, -0.25) is 0 Å². The van der Waals surface area contributed by atoms with Crippen LogP contribution in [0.4, 0.5) is 0 Å². The molecule has 0 aliphatic rings. The molecule has 0 fully saturated rings. The molecule has 0 aromatic rings. The van der Waals surface area contributed by atoms with Gasteiger partial charge in [0.05, 0.1) is 5.75 Å². The van der Waals surface area contributed by atoms with E-state index in [4.69, 9.17) is 5.73 Å². The van der Waals surface area contributed by atoms with Crippen LogP contribution >= 0.6 is 0 Å². The van der Waals surface area contributed by atoms with E-state index >= 15 is 0 Å². The first-order valence-electron chi connectivity index (χ1n) is 4.83. The summed E-state index contributed by atoms with van der Waals surface area (Å²) in [6.07, 6.45) is 1.49. The quantitative estimate of drug-likeness (QED) is 0.711. The highest BCUT2D eigenvalue weighted by Crippen LogP contribution is 2.07. The van der Waals surface area contributed by atoms with E-state index < -0.39 is 9.84 Å². The zero-order valence-electron chi connectivity index (χ0n) is 8.79. The lowest BCUT2D eigenvalue weighted by atomic mass is 10.0. The number of nitrogens with two attached hydrogens (primary N) is 1. The summed E-state index contributed by atoms with van der Waals surface area (Å²) in [6, 6.07) is 0.0290. The SMILES string of the molecule is CCS(=O)(=O)CCC(N)CC(C)C. The van der Waals surface area contributed by atoms with Crippen molar-refractivity contribution in [1.29, 1.82) is 0 Å². The number of sulfone groups is 1. The Bertz CT molecular complexity index is 222. The van der Waals surface area contributed by atoms with Crippen molar-refractivity contribution in [2.24, 2.45) is 11.7 Å². The summed E-state index contributed by atoms with van der Waals surface area (Å²) < 4.78 is 22.3. The molecular formula is C9H21NO2S. The summed E-state index contributed by atoms with van der Waals surface area (Å²) in [7, 11) is -2.83. The molecule has 1 atom stereocenters. The first-order valence-corrected chi connectivity index (χ1v) is 6.65. The van der Waals surface area contributed by atoms with Crippen LogP contribution in [0, 0.1) is 5.92 Å². The van der Waals surface area contributed by atoms with Gasteiger partial charge in [-0.2, -0.15) is 0 Å². The number of hydrogen-bond acceptors (Lipinski definition) is 3. The summed E-state index contributed by atoms with van der Waals surface area (Å²) in [5.41, 5.74) is 5.77. The van der Waals surface area contributed by atoms with Gasteiger partial charge in [-0.05, 0) is 18.8 Å². The highest BCUT2D eigenvalue weighted by molar-refractivity contribution is 7.91. The van der Waals surface area contributed by atoms with E-state index in [2.05, 4.69) is 13.8 Å². The lowest BCUT2D eigenvalue weighted by Gasteiger charge is -2.13. The Kier molecular flexibility index (Phi) is 5.56. The molecule has 0 radical (unpaired) electrons. The second kappa shape index (κ2) is 5.60. The van der Waals surface area contributed by atoms with Crippen LogP contribution in [0.1, 0.15) is 33.6 Å². The fourth-order valence-electron chi connectivity index (χ4n) is 1.20. The lowest BCUT2D eigenvalue weighted by molar-refractivity contribution is 0.484. The second-order valence-corrected chi connectivity index (χ2v) is 6.39. The highest BCUT2D eigenvalue weighted by atomic mass is 32.2. The molecule has 2 N–H and O–H groups in total. The van der Waals surface area contributed by atoms with Crippen LogP contribution in [0.15, 0.2) is 0 Å². The van der Waals surface area contributed by atoms with Gasteiger partial charge in [-0.1, -0.05) is 20.8 Å². The van der Waals surface area contributed by atoms with Gasteiger partial charge < -0.3 is 5.73 Å². The lowest BCUT2D eigenvalue weighted by Crippen LogP contribution is -2.25. The maximum Gasteiger partial charge on any atom is 0.150 e. The van der Waals surface area contributed by atoms with E-state index in [0.29, 0.717) is 12.3 Å². The van der Waals surface area contributed by atoms with Gasteiger partial charge in [0.1, 0.15) is 9.84 Å². The molecule has 0 bridgehead atoms. The van der Waals surface area contributed by atoms with Crippen molar-refractivity contribution < 1.29 is 8.42 Å². The van der Waals surface area contributed by atoms with E-state index in [0.717, 1.165) is 6.42 Å². The summed E-state index contributed by atoms with van der Waals surface area (Å²) in [5, 5.41) is 0. The molecule has 1 unspecified atom stereocenters. The van der Waals surface area contributed by atoms with Crippen LogP contribution in [0.2, 0.25) is 0 Å². The van der Waals surface area contributed by atoms with E-state index in [1.165, 1.54) is 0 Å². The maximum absolute atomic E-state index is 11.1. The molecule has 0 amide bonds. The van der Waals surface area contributed by atoms with Gasteiger partial charge in [0.15, 0.2) is 0 Å². The third kappa shape index (κ3) is 7.02. The van der Waals surface area contributed by atoms with Gasteiger partial charge in [0.2, 0.25) is 0 Å². The first kappa shape index (κ1) is 12.9. The van der Waals surface area contributed by atoms with E-state index in [-0.39, 0.29) is 17.5 Å². The van der Waals surface area contributed by atoms with Crippen molar-refractivity contribution in [3.8, 4) is 0 Å². The average molecular weight is 207 g/mol. The Morgan fingerprint density at radius 1 is 1.31 bits per heavy atom. The zero-order chi connectivity index (χ0) is 10.5. The van der Waals surface area contributed by atoms with Crippen LogP contribution in [-0.2, 0) is 9.84 Å². The largest absolute Gasteiger partial charge is 0.328 e. The third-order valence-electron chi connectivity index (χ3n) is 2.01. The van der Waals surface area contributed by atoms with Crippen molar-refractivity contribution in [3.63, 3.8) is 0 Å². The molecular weight excluding hydrogens is 186 g/mol. The Balaban J connectivity index is 3.77. The predicted octanol–water partition coefficient (Wildman–Crippen LogP) is 1.18. The van der Waals surface area contributed by atoms with Crippen LogP contribution in [0.5, 0.6) is 0 Å². The summed E-state index contributed by atoms with van der Waals surface area (Å²) in [6.45, 7) is 5.85. The number of hydrogen-bond donors (Lipinski definition) is 1. The van der Waals surface area contributed by atoms with Gasteiger partial charge in [-0.15, -0.1) is 0 Å². The Labute approximate surface area is 81.6 Å². The molecule has 0 saturated heterocycles. The second-order valence-electron chi connectivity index (χ2n) is 3.91. The molecule has 0 rings (SSSR count). The van der Waals surface area contributed by atoms with Crippen LogP contribution in [0.3, 0.4) is 0 Å². The maximum atomic E-state index is 11.1. The van der Waals surface area contributed by atoms with E-state index in [1.54, 1.807) is 6.92 Å². The molecule has 0 aliphatic carbocycles. The first-order chi connectivity index (χ1) is 5.87. The van der Waals surface area contributed by atoms with Gasteiger partial charge in [-0.25, -0.2) is 8.42 Å². The van der Waals surface area contributed by atoms with Gasteiger partial charge >= 0.3 is 0 Å². The standard InChI is InChI=1S/C9H21NO2S/c1-4-13(11,12)6-5-9(10)7-8(2)3/h8-9H,4-7,10H2,1-3H3. The van der Waals surface area contributed by atoms with Crippen LogP contribution in [-0.4, -0.2) is 26.0 Å². The number of rotatable bonds is 6. The third-order valence-corrected chi connectivity index (χ3v) is 3.75. The Morgan fingerprint density at radius 2 is 1.85 bits per heavy atom. The highest BCUT2D eigenvalue weighted by Gasteiger charge is 2.11. The zero-order valence-corrected chi connectivity index (χ0v) is 9.60. The summed E-state index contributed by atoms with van der Waals surface area (Å²) >= 11 is 0. The van der Waals surface area contributed by atoms with Crippen LogP contribution < -0.4 is 5.73 Å². The van der Waals surface area contributed by atoms with Crippen LogP contribution in [0.25, 0.3) is 0 Å². The molecule has 0 aromatic carbocycles. The molecule has 0 aliphatic heterocycles. The van der Waals surface area contributed by atoms with Crippen molar-refractivity contribution in [1.82, 2.24) is 0 Å². The molecule has 80 valence electrons. The molecule has 0 aromatic heterocycles. The minimum absolute atomic E-state index is 0.0290. The van der Waals surface area contributed by atoms with Gasteiger partial charge in [0, 0.05) is 11.8 Å². The summed E-state index contributed by atoms with van der Waals surface area (Å²) in [5.74, 6) is 0.998.